The smallest absolute Gasteiger partial charge is 0.250 e. The van der Waals surface area contributed by atoms with Crippen molar-refractivity contribution in [3.8, 4) is 0 Å². The van der Waals surface area contributed by atoms with Crippen LogP contribution in [0.15, 0.2) is 79.0 Å². The zero-order valence-corrected chi connectivity index (χ0v) is 20.1. The van der Waals surface area contributed by atoms with E-state index in [-0.39, 0.29) is 11.7 Å². The molecule has 0 aliphatic carbocycles. The summed E-state index contributed by atoms with van der Waals surface area (Å²) in [5, 5.41) is 4.33. The molecule has 0 spiro atoms. The Kier molecular flexibility index (Phi) is 6.80. The summed E-state index contributed by atoms with van der Waals surface area (Å²) in [6.07, 6.45) is 4.38. The fraction of sp³-hybridized carbons (Fsp3) is 0.154. The Hall–Kier alpha value is -2.79. The lowest BCUT2D eigenvalue weighted by molar-refractivity contribution is -0.125. The quantitative estimate of drug-likeness (QED) is 0.372. The van der Waals surface area contributed by atoms with Crippen molar-refractivity contribution in [1.29, 1.82) is 0 Å². The number of rotatable bonds is 6. The van der Waals surface area contributed by atoms with Crippen LogP contribution in [0.25, 0.3) is 0 Å². The lowest BCUT2D eigenvalue weighted by atomic mass is 9.95. The second-order valence-corrected chi connectivity index (χ2v) is 9.33. The molecule has 0 unspecified atom stereocenters. The van der Waals surface area contributed by atoms with E-state index in [9.17, 15) is 9.59 Å². The van der Waals surface area contributed by atoms with Crippen LogP contribution in [0.5, 0.6) is 0 Å². The van der Waals surface area contributed by atoms with E-state index in [2.05, 4.69) is 5.32 Å². The summed E-state index contributed by atoms with van der Waals surface area (Å²) < 4.78 is 0. The predicted molar refractivity (Wildman–Crippen MR) is 134 cm³/mol. The van der Waals surface area contributed by atoms with Crippen molar-refractivity contribution in [2.24, 2.45) is 0 Å². The van der Waals surface area contributed by atoms with E-state index >= 15 is 0 Å². The average Bonchev–Trinajstić information content (AvgIpc) is 3.19. The van der Waals surface area contributed by atoms with E-state index in [0.29, 0.717) is 44.8 Å². The molecule has 33 heavy (non-hydrogen) atoms. The van der Waals surface area contributed by atoms with Gasteiger partial charge in [-0.3, -0.25) is 9.59 Å². The van der Waals surface area contributed by atoms with Gasteiger partial charge in [-0.05, 0) is 55.4 Å². The van der Waals surface area contributed by atoms with Crippen LogP contribution in [0.3, 0.4) is 0 Å². The van der Waals surface area contributed by atoms with Gasteiger partial charge in [0.15, 0.2) is 5.78 Å². The monoisotopic (exact) mass is 498 g/mol. The fourth-order valence-electron chi connectivity index (χ4n) is 3.79. The van der Waals surface area contributed by atoms with Gasteiger partial charge in [0.25, 0.3) is 0 Å². The Morgan fingerprint density at radius 3 is 2.45 bits per heavy atom. The number of anilines is 1. The molecule has 1 aliphatic rings. The van der Waals surface area contributed by atoms with Gasteiger partial charge >= 0.3 is 0 Å². The lowest BCUT2D eigenvalue weighted by Crippen LogP contribution is -2.49. The predicted octanol–water partition coefficient (Wildman–Crippen LogP) is 6.99. The van der Waals surface area contributed by atoms with Gasteiger partial charge in [0.05, 0.1) is 15.7 Å². The molecule has 1 atom stereocenters. The van der Waals surface area contributed by atoms with Crippen LogP contribution < -0.4 is 5.32 Å². The second-order valence-electron chi connectivity index (χ2n) is 8.08. The van der Waals surface area contributed by atoms with Gasteiger partial charge in [-0.2, -0.15) is 0 Å². The number of ketones is 1. The average molecular weight is 500 g/mol. The number of carbonyl (C=O) groups excluding carboxylic acids is 2. The van der Waals surface area contributed by atoms with E-state index in [4.69, 9.17) is 34.8 Å². The third-order valence-electron chi connectivity index (χ3n) is 5.77. The first-order chi connectivity index (χ1) is 15.8. The summed E-state index contributed by atoms with van der Waals surface area (Å²) in [5.74, 6) is -0.437. The van der Waals surface area contributed by atoms with Gasteiger partial charge in [-0.15, -0.1) is 0 Å². The second kappa shape index (κ2) is 9.60. The number of benzene rings is 3. The maximum atomic E-state index is 13.5. The Labute approximate surface area is 207 Å². The largest absolute Gasteiger partial charge is 0.359 e. The van der Waals surface area contributed by atoms with Crippen LogP contribution in [0.2, 0.25) is 15.1 Å². The molecule has 3 aromatic carbocycles. The zero-order chi connectivity index (χ0) is 23.6. The molecular weight excluding hydrogens is 479 g/mol. The fourth-order valence-corrected chi connectivity index (χ4v) is 4.28. The Morgan fingerprint density at radius 2 is 1.73 bits per heavy atom. The summed E-state index contributed by atoms with van der Waals surface area (Å²) >= 11 is 18.4. The molecule has 1 amide bonds. The number of hydrogen-bond donors (Lipinski definition) is 1. The molecule has 168 valence electrons. The van der Waals surface area contributed by atoms with Crippen LogP contribution in [0.1, 0.15) is 34.8 Å². The first-order valence-corrected chi connectivity index (χ1v) is 11.5. The molecule has 1 heterocycles. The molecule has 4 rings (SSSR count). The van der Waals surface area contributed by atoms with Crippen molar-refractivity contribution >= 4 is 52.2 Å². The van der Waals surface area contributed by atoms with Crippen molar-refractivity contribution < 1.29 is 9.59 Å². The minimum absolute atomic E-state index is 0.212. The van der Waals surface area contributed by atoms with E-state index in [1.54, 1.807) is 54.6 Å². The van der Waals surface area contributed by atoms with Gasteiger partial charge in [0.2, 0.25) is 5.91 Å². The summed E-state index contributed by atoms with van der Waals surface area (Å²) in [6.45, 7) is 2.35. The lowest BCUT2D eigenvalue weighted by Gasteiger charge is -2.35. The minimum atomic E-state index is -0.848. The van der Waals surface area contributed by atoms with Crippen LogP contribution in [-0.4, -0.2) is 22.1 Å². The van der Waals surface area contributed by atoms with Gasteiger partial charge in [0.1, 0.15) is 5.54 Å². The molecule has 1 N–H and O–H groups in total. The third-order valence-corrected chi connectivity index (χ3v) is 6.75. The van der Waals surface area contributed by atoms with Crippen molar-refractivity contribution in [2.45, 2.75) is 25.4 Å². The van der Waals surface area contributed by atoms with Crippen molar-refractivity contribution in [3.05, 3.63) is 111 Å². The summed E-state index contributed by atoms with van der Waals surface area (Å²) in [5.41, 5.74) is 1.36. The molecule has 3 aromatic rings. The van der Waals surface area contributed by atoms with Crippen LogP contribution in [0.4, 0.5) is 5.69 Å². The van der Waals surface area contributed by atoms with Gasteiger partial charge in [-0.1, -0.05) is 77.3 Å². The van der Waals surface area contributed by atoms with E-state index in [1.165, 1.54) is 0 Å². The number of hydrogen-bond acceptors (Lipinski definition) is 3. The number of nitrogens with zero attached hydrogens (tertiary/aromatic N) is 1. The highest BCUT2D eigenvalue weighted by Gasteiger charge is 2.40. The number of halogens is 3. The molecule has 7 heteroatoms. The molecular formula is C26H21Cl3N2O2. The van der Waals surface area contributed by atoms with E-state index in [0.717, 1.165) is 5.56 Å². The zero-order valence-electron chi connectivity index (χ0n) is 17.8. The molecule has 0 saturated heterocycles. The van der Waals surface area contributed by atoms with Crippen molar-refractivity contribution in [3.63, 3.8) is 0 Å². The first kappa shape index (κ1) is 23.4. The van der Waals surface area contributed by atoms with Crippen LogP contribution >= 0.6 is 34.8 Å². The van der Waals surface area contributed by atoms with Gasteiger partial charge in [0, 0.05) is 22.7 Å². The molecule has 0 bridgehead atoms. The van der Waals surface area contributed by atoms with E-state index < -0.39 is 5.54 Å². The van der Waals surface area contributed by atoms with Gasteiger partial charge < -0.3 is 10.2 Å². The van der Waals surface area contributed by atoms with E-state index in [1.807, 2.05) is 36.2 Å². The maximum absolute atomic E-state index is 13.5. The number of nitrogens with one attached hydrogen (secondary N) is 1. The molecule has 0 saturated carbocycles. The SMILES string of the molecule is C[C@@]1(C(=O)Nc2ccc(Cl)cc2C(=O)c2ccccc2)CC=CN1Cc1ccc(Cl)c(Cl)c1. The van der Waals surface area contributed by atoms with Crippen LogP contribution in [-0.2, 0) is 11.3 Å². The summed E-state index contributed by atoms with van der Waals surface area (Å²) in [6, 6.07) is 19.2. The maximum Gasteiger partial charge on any atom is 0.250 e. The highest BCUT2D eigenvalue weighted by atomic mass is 35.5. The first-order valence-electron chi connectivity index (χ1n) is 10.4. The normalized spacial score (nSPS) is 17.3. The van der Waals surface area contributed by atoms with Gasteiger partial charge in [-0.25, -0.2) is 0 Å². The number of amides is 1. The third kappa shape index (κ3) is 4.93. The molecule has 0 fully saturated rings. The standard InChI is InChI=1S/C26H21Cl3N2O2/c1-26(12-5-13-31(26)16-17-8-10-21(28)22(29)14-17)25(33)30-23-11-9-19(27)15-20(23)24(32)18-6-3-2-4-7-18/h2-11,13-15H,12,16H2,1H3,(H,30,33)/t26-/m0/s1. The number of carbonyl (C=O) groups is 2. The minimum Gasteiger partial charge on any atom is -0.359 e. The van der Waals surface area contributed by atoms with Crippen LogP contribution in [0, 0.1) is 0 Å². The molecule has 4 nitrogen and oxygen atoms in total. The highest BCUT2D eigenvalue weighted by Crippen LogP contribution is 2.33. The summed E-state index contributed by atoms with van der Waals surface area (Å²) in [7, 11) is 0. The topological polar surface area (TPSA) is 49.4 Å². The highest BCUT2D eigenvalue weighted by molar-refractivity contribution is 6.42. The molecule has 0 radical (unpaired) electrons. The van der Waals surface area contributed by atoms with Crippen molar-refractivity contribution in [1.82, 2.24) is 4.90 Å². The van der Waals surface area contributed by atoms with Crippen molar-refractivity contribution in [2.75, 3.05) is 5.32 Å². The Bertz CT molecular complexity index is 1240. The Balaban J connectivity index is 1.58. The summed E-state index contributed by atoms with van der Waals surface area (Å²) in [4.78, 5) is 28.5. The molecule has 1 aliphatic heterocycles. The Morgan fingerprint density at radius 1 is 0.970 bits per heavy atom. The molecule has 0 aromatic heterocycles.